The van der Waals surface area contributed by atoms with Crippen LogP contribution in [0.2, 0.25) is 0 Å². The molecule has 6 nitrogen and oxygen atoms in total. The van der Waals surface area contributed by atoms with Crippen LogP contribution in [0.25, 0.3) is 0 Å². The van der Waals surface area contributed by atoms with Gasteiger partial charge in [0.15, 0.2) is 0 Å². The summed E-state index contributed by atoms with van der Waals surface area (Å²) in [6.07, 6.45) is 0.641. The Balaban J connectivity index is 1.24. The Labute approximate surface area is 205 Å². The van der Waals surface area contributed by atoms with Gasteiger partial charge in [0.1, 0.15) is 12.0 Å². The summed E-state index contributed by atoms with van der Waals surface area (Å²) in [5, 5.41) is 3.48. The minimum absolute atomic E-state index is 0.0290. The van der Waals surface area contributed by atoms with Crippen LogP contribution in [0.1, 0.15) is 45.8 Å². The molecular formula is C28H29FN4O2. The second kappa shape index (κ2) is 9.78. The second-order valence-corrected chi connectivity index (χ2v) is 8.94. The molecule has 5 rings (SSSR count). The van der Waals surface area contributed by atoms with Crippen LogP contribution < -0.4 is 10.2 Å². The van der Waals surface area contributed by atoms with E-state index >= 15 is 0 Å². The zero-order valence-electron chi connectivity index (χ0n) is 19.8. The summed E-state index contributed by atoms with van der Waals surface area (Å²) >= 11 is 0. The van der Waals surface area contributed by atoms with Gasteiger partial charge in [-0.2, -0.15) is 0 Å². The van der Waals surface area contributed by atoms with Gasteiger partial charge in [-0.1, -0.05) is 37.3 Å². The van der Waals surface area contributed by atoms with Gasteiger partial charge < -0.3 is 20.0 Å². The third-order valence-corrected chi connectivity index (χ3v) is 6.72. The predicted molar refractivity (Wildman–Crippen MR) is 135 cm³/mol. The fourth-order valence-electron chi connectivity index (χ4n) is 4.91. The first-order chi connectivity index (χ1) is 17.1. The van der Waals surface area contributed by atoms with E-state index in [0.29, 0.717) is 44.0 Å². The van der Waals surface area contributed by atoms with Crippen molar-refractivity contribution in [2.45, 2.75) is 19.5 Å². The highest BCUT2D eigenvalue weighted by Gasteiger charge is 2.35. The molecule has 2 heterocycles. The Morgan fingerprint density at radius 2 is 1.63 bits per heavy atom. The highest BCUT2D eigenvalue weighted by atomic mass is 19.1. The van der Waals surface area contributed by atoms with E-state index in [9.17, 15) is 14.0 Å². The maximum absolute atomic E-state index is 14.1. The number of carbonyl (C=O) groups is 2. The molecule has 3 aromatic carbocycles. The number of hydrogen-bond acceptors (Lipinski definition) is 4. The van der Waals surface area contributed by atoms with Crippen molar-refractivity contribution in [1.29, 1.82) is 0 Å². The van der Waals surface area contributed by atoms with Gasteiger partial charge in [0.05, 0.1) is 5.69 Å². The summed E-state index contributed by atoms with van der Waals surface area (Å²) < 4.78 is 14.1. The molecule has 0 saturated carbocycles. The SMILES string of the molecule is CCCN1C(=O)c2ccccc2C1Nc1ccc(C(=O)N2CCN(c3ccccc3F)CC2)cc1. The summed E-state index contributed by atoms with van der Waals surface area (Å²) in [4.78, 5) is 31.6. The first-order valence-corrected chi connectivity index (χ1v) is 12.1. The molecule has 1 atom stereocenters. The summed E-state index contributed by atoms with van der Waals surface area (Å²) in [7, 11) is 0. The Morgan fingerprint density at radius 3 is 2.34 bits per heavy atom. The van der Waals surface area contributed by atoms with Gasteiger partial charge in [0.2, 0.25) is 0 Å². The number of nitrogens with zero attached hydrogens (tertiary/aromatic N) is 3. The van der Waals surface area contributed by atoms with Crippen molar-refractivity contribution in [3.63, 3.8) is 0 Å². The van der Waals surface area contributed by atoms with Gasteiger partial charge in [0.25, 0.3) is 11.8 Å². The van der Waals surface area contributed by atoms with Crippen LogP contribution in [0, 0.1) is 5.82 Å². The quantitative estimate of drug-likeness (QED) is 0.562. The molecule has 1 fully saturated rings. The Hall–Kier alpha value is -3.87. The maximum Gasteiger partial charge on any atom is 0.256 e. The normalized spacial score (nSPS) is 17.5. The fourth-order valence-corrected chi connectivity index (χ4v) is 4.91. The number of anilines is 2. The number of carbonyl (C=O) groups excluding carboxylic acids is 2. The number of nitrogens with one attached hydrogen (secondary N) is 1. The third kappa shape index (κ3) is 4.46. The number of amides is 2. The van der Waals surface area contributed by atoms with Crippen LogP contribution in [0.5, 0.6) is 0 Å². The van der Waals surface area contributed by atoms with Crippen LogP contribution in [-0.4, -0.2) is 54.3 Å². The number of fused-ring (bicyclic) bond motifs is 1. The monoisotopic (exact) mass is 472 g/mol. The zero-order chi connectivity index (χ0) is 24.4. The van der Waals surface area contributed by atoms with Crippen molar-refractivity contribution >= 4 is 23.2 Å². The zero-order valence-corrected chi connectivity index (χ0v) is 19.8. The highest BCUT2D eigenvalue weighted by molar-refractivity contribution is 5.99. The molecule has 0 aliphatic carbocycles. The van der Waals surface area contributed by atoms with E-state index < -0.39 is 0 Å². The van der Waals surface area contributed by atoms with Crippen molar-refractivity contribution in [3.8, 4) is 0 Å². The standard InChI is InChI=1S/C28H29FN4O2/c1-2-15-33-26(22-7-3-4-8-23(22)28(33)35)30-21-13-11-20(12-14-21)27(34)32-18-16-31(17-19-32)25-10-6-5-9-24(25)29/h3-14,26,30H,2,15-19H2,1H3. The molecular weight excluding hydrogens is 443 g/mol. The second-order valence-electron chi connectivity index (χ2n) is 8.94. The number of para-hydroxylation sites is 1. The molecule has 1 saturated heterocycles. The molecule has 0 spiro atoms. The lowest BCUT2D eigenvalue weighted by molar-refractivity contribution is 0.0738. The van der Waals surface area contributed by atoms with Crippen molar-refractivity contribution in [2.24, 2.45) is 0 Å². The van der Waals surface area contributed by atoms with Crippen LogP contribution in [0.15, 0.2) is 72.8 Å². The lowest BCUT2D eigenvalue weighted by Crippen LogP contribution is -2.49. The molecule has 2 aliphatic heterocycles. The van der Waals surface area contributed by atoms with Gasteiger partial charge in [-0.3, -0.25) is 9.59 Å². The molecule has 2 amide bonds. The van der Waals surface area contributed by atoms with E-state index in [1.54, 1.807) is 12.1 Å². The largest absolute Gasteiger partial charge is 0.366 e. The van der Waals surface area contributed by atoms with Crippen molar-refractivity contribution in [1.82, 2.24) is 9.80 Å². The predicted octanol–water partition coefficient (Wildman–Crippen LogP) is 4.76. The summed E-state index contributed by atoms with van der Waals surface area (Å²) in [5.41, 5.74) is 3.75. The molecule has 0 bridgehead atoms. The van der Waals surface area contributed by atoms with E-state index in [2.05, 4.69) is 12.2 Å². The highest BCUT2D eigenvalue weighted by Crippen LogP contribution is 2.34. The van der Waals surface area contributed by atoms with Crippen LogP contribution in [0.4, 0.5) is 15.8 Å². The average Bonchev–Trinajstić information content (AvgIpc) is 3.16. The molecule has 180 valence electrons. The third-order valence-electron chi connectivity index (χ3n) is 6.72. The van der Waals surface area contributed by atoms with Crippen LogP contribution in [-0.2, 0) is 0 Å². The van der Waals surface area contributed by atoms with E-state index in [-0.39, 0.29) is 23.8 Å². The first-order valence-electron chi connectivity index (χ1n) is 12.1. The van der Waals surface area contributed by atoms with Crippen molar-refractivity contribution < 1.29 is 14.0 Å². The molecule has 35 heavy (non-hydrogen) atoms. The Bertz CT molecular complexity index is 1220. The molecule has 3 aromatic rings. The Kier molecular flexibility index (Phi) is 6.40. The lowest BCUT2D eigenvalue weighted by Gasteiger charge is -2.36. The fraction of sp³-hybridized carbons (Fsp3) is 0.286. The molecule has 1 N–H and O–H groups in total. The summed E-state index contributed by atoms with van der Waals surface area (Å²) in [5.74, 6) is -0.223. The number of hydrogen-bond donors (Lipinski definition) is 1. The average molecular weight is 473 g/mol. The molecule has 1 unspecified atom stereocenters. The van der Waals surface area contributed by atoms with E-state index in [0.717, 1.165) is 23.2 Å². The van der Waals surface area contributed by atoms with E-state index in [1.165, 1.54) is 6.07 Å². The topological polar surface area (TPSA) is 55.9 Å². The number of rotatable bonds is 6. The van der Waals surface area contributed by atoms with Crippen molar-refractivity contribution in [2.75, 3.05) is 42.9 Å². The number of benzene rings is 3. The van der Waals surface area contributed by atoms with Gasteiger partial charge in [-0.25, -0.2) is 4.39 Å². The summed E-state index contributed by atoms with van der Waals surface area (Å²) in [6, 6.07) is 21.9. The summed E-state index contributed by atoms with van der Waals surface area (Å²) in [6.45, 7) is 4.99. The first kappa shape index (κ1) is 22.9. The minimum atomic E-state index is -0.237. The van der Waals surface area contributed by atoms with Gasteiger partial charge in [0, 0.05) is 55.1 Å². The van der Waals surface area contributed by atoms with Crippen molar-refractivity contribution in [3.05, 3.63) is 95.3 Å². The smallest absolute Gasteiger partial charge is 0.256 e. The van der Waals surface area contributed by atoms with Crippen LogP contribution >= 0.6 is 0 Å². The lowest BCUT2D eigenvalue weighted by atomic mass is 10.1. The molecule has 0 radical (unpaired) electrons. The molecule has 7 heteroatoms. The molecule has 2 aliphatic rings. The van der Waals surface area contributed by atoms with E-state index in [1.807, 2.05) is 69.3 Å². The van der Waals surface area contributed by atoms with E-state index in [4.69, 9.17) is 0 Å². The maximum atomic E-state index is 14.1. The van der Waals surface area contributed by atoms with Gasteiger partial charge >= 0.3 is 0 Å². The minimum Gasteiger partial charge on any atom is -0.366 e. The van der Waals surface area contributed by atoms with Gasteiger partial charge in [-0.05, 0) is 48.9 Å². The number of piperazine rings is 1. The van der Waals surface area contributed by atoms with Gasteiger partial charge in [-0.15, -0.1) is 0 Å². The van der Waals surface area contributed by atoms with Crippen LogP contribution in [0.3, 0.4) is 0 Å². The Morgan fingerprint density at radius 1 is 0.943 bits per heavy atom. The molecule has 0 aromatic heterocycles. The number of halogens is 1.